The zero-order valence-electron chi connectivity index (χ0n) is 17.9. The lowest BCUT2D eigenvalue weighted by Gasteiger charge is -2.23. The van der Waals surface area contributed by atoms with Crippen LogP contribution in [0.25, 0.3) is 0 Å². The van der Waals surface area contributed by atoms with Gasteiger partial charge in [0, 0.05) is 19.4 Å². The van der Waals surface area contributed by atoms with Crippen LogP contribution in [0, 0.1) is 0 Å². The van der Waals surface area contributed by atoms with Gasteiger partial charge in [-0.1, -0.05) is 58.3 Å². The quantitative estimate of drug-likeness (QED) is 0.253. The van der Waals surface area contributed by atoms with Crippen molar-refractivity contribution in [1.82, 2.24) is 5.32 Å². The molecule has 5 nitrogen and oxygen atoms in total. The number of amides is 1. The molecule has 0 aliphatic rings. The Bertz CT molecular complexity index is 378. The highest BCUT2D eigenvalue weighted by Crippen LogP contribution is 2.11. The van der Waals surface area contributed by atoms with E-state index in [0.29, 0.717) is 13.0 Å². The van der Waals surface area contributed by atoms with Crippen molar-refractivity contribution in [3.63, 3.8) is 0 Å². The number of unbranched alkanes of at least 4 members (excludes halogenated alkanes) is 8. The van der Waals surface area contributed by atoms with Crippen LogP contribution < -0.4 is 5.32 Å². The molecule has 5 heteroatoms. The summed E-state index contributed by atoms with van der Waals surface area (Å²) in [4.78, 5) is 23.8. The van der Waals surface area contributed by atoms with E-state index in [-0.39, 0.29) is 11.9 Å². The van der Waals surface area contributed by atoms with Crippen LogP contribution in [0.5, 0.6) is 0 Å². The summed E-state index contributed by atoms with van der Waals surface area (Å²) in [6, 6.07) is 0. The summed E-state index contributed by atoms with van der Waals surface area (Å²) in [5, 5.41) is 2.84. The highest BCUT2D eigenvalue weighted by Gasteiger charge is 2.17. The number of hydrogen-bond acceptors (Lipinski definition) is 3. The normalized spacial score (nSPS) is 12.7. The zero-order valence-corrected chi connectivity index (χ0v) is 17.9. The number of nitrogens with zero attached hydrogens (tertiary/aromatic N) is 1. The maximum atomic E-state index is 11.9. The van der Waals surface area contributed by atoms with Crippen LogP contribution in [-0.4, -0.2) is 56.7 Å². The van der Waals surface area contributed by atoms with Gasteiger partial charge in [0.25, 0.3) is 5.91 Å². The molecule has 0 aromatic heterocycles. The van der Waals surface area contributed by atoms with Gasteiger partial charge >= 0.3 is 5.97 Å². The Labute approximate surface area is 161 Å². The van der Waals surface area contributed by atoms with E-state index in [4.69, 9.17) is 4.74 Å². The van der Waals surface area contributed by atoms with Crippen LogP contribution in [0.4, 0.5) is 0 Å². The molecule has 0 aliphatic heterocycles. The lowest BCUT2D eigenvalue weighted by molar-refractivity contribution is -0.870. The SMILES string of the molecule is CCCCCCCCCCCC(=O)OC(C)C(=O)NCCC[N+](C)(C)C. The fraction of sp³-hybridized carbons (Fsp3) is 0.905. The Hall–Kier alpha value is -1.10. The van der Waals surface area contributed by atoms with Crippen molar-refractivity contribution in [2.75, 3.05) is 34.2 Å². The van der Waals surface area contributed by atoms with E-state index in [9.17, 15) is 9.59 Å². The standard InChI is InChI=1S/C21H42N2O3/c1-6-7-8-9-10-11-12-13-14-16-20(24)26-19(2)21(25)22-17-15-18-23(3,4)5/h19H,6-18H2,1-5H3/p+1. The molecule has 1 amide bonds. The molecular weight excluding hydrogens is 328 g/mol. The minimum atomic E-state index is -0.704. The van der Waals surface area contributed by atoms with E-state index < -0.39 is 6.10 Å². The van der Waals surface area contributed by atoms with Crippen molar-refractivity contribution in [2.24, 2.45) is 0 Å². The number of hydrogen-bond donors (Lipinski definition) is 1. The second kappa shape index (κ2) is 15.0. The molecule has 0 aromatic carbocycles. The molecule has 0 spiro atoms. The fourth-order valence-corrected chi connectivity index (χ4v) is 2.80. The Kier molecular flexibility index (Phi) is 14.4. The van der Waals surface area contributed by atoms with E-state index in [2.05, 4.69) is 33.4 Å². The largest absolute Gasteiger partial charge is 0.453 e. The molecule has 0 aliphatic carbocycles. The molecule has 1 N–H and O–H groups in total. The Morgan fingerprint density at radius 3 is 1.96 bits per heavy atom. The van der Waals surface area contributed by atoms with Crippen molar-refractivity contribution in [3.8, 4) is 0 Å². The lowest BCUT2D eigenvalue weighted by atomic mass is 10.1. The number of esters is 1. The Balaban J connectivity index is 3.61. The summed E-state index contributed by atoms with van der Waals surface area (Å²) in [6.07, 6.45) is 11.6. The summed E-state index contributed by atoms with van der Waals surface area (Å²) in [7, 11) is 6.37. The average Bonchev–Trinajstić information content (AvgIpc) is 2.56. The number of ether oxygens (including phenoxy) is 1. The van der Waals surface area contributed by atoms with Gasteiger partial charge in [-0.15, -0.1) is 0 Å². The summed E-state index contributed by atoms with van der Waals surface area (Å²) >= 11 is 0. The van der Waals surface area contributed by atoms with E-state index in [1.54, 1.807) is 6.92 Å². The van der Waals surface area contributed by atoms with Crippen molar-refractivity contribution in [1.29, 1.82) is 0 Å². The van der Waals surface area contributed by atoms with Gasteiger partial charge in [0.05, 0.1) is 27.7 Å². The maximum absolute atomic E-state index is 11.9. The molecule has 0 rings (SSSR count). The van der Waals surface area contributed by atoms with Crippen molar-refractivity contribution >= 4 is 11.9 Å². The van der Waals surface area contributed by atoms with Gasteiger partial charge in [0.15, 0.2) is 6.10 Å². The molecule has 1 atom stereocenters. The molecule has 0 aromatic rings. The molecule has 0 bridgehead atoms. The van der Waals surface area contributed by atoms with Gasteiger partial charge < -0.3 is 14.5 Å². The first-order chi connectivity index (χ1) is 12.3. The first-order valence-electron chi connectivity index (χ1n) is 10.5. The van der Waals surface area contributed by atoms with E-state index in [1.807, 2.05) is 0 Å². The molecule has 0 fully saturated rings. The molecule has 0 heterocycles. The minimum Gasteiger partial charge on any atom is -0.453 e. The summed E-state index contributed by atoms with van der Waals surface area (Å²) in [5.41, 5.74) is 0. The number of nitrogens with one attached hydrogen (secondary N) is 1. The molecule has 0 radical (unpaired) electrons. The fourth-order valence-electron chi connectivity index (χ4n) is 2.80. The topological polar surface area (TPSA) is 55.4 Å². The maximum Gasteiger partial charge on any atom is 0.306 e. The predicted octanol–water partition coefficient (Wildman–Crippen LogP) is 4.05. The number of carbonyl (C=O) groups excluding carboxylic acids is 2. The molecule has 26 heavy (non-hydrogen) atoms. The van der Waals surface area contributed by atoms with Crippen molar-refractivity contribution in [3.05, 3.63) is 0 Å². The molecule has 1 unspecified atom stereocenters. The van der Waals surface area contributed by atoms with Crippen LogP contribution >= 0.6 is 0 Å². The number of rotatable bonds is 16. The third-order valence-corrected chi connectivity index (χ3v) is 4.47. The van der Waals surface area contributed by atoms with Crippen LogP contribution in [0.15, 0.2) is 0 Å². The van der Waals surface area contributed by atoms with Gasteiger partial charge in [-0.3, -0.25) is 9.59 Å². The molecule has 0 saturated carbocycles. The lowest BCUT2D eigenvalue weighted by Crippen LogP contribution is -2.40. The number of quaternary nitrogens is 1. The summed E-state index contributed by atoms with van der Waals surface area (Å²) in [5.74, 6) is -0.464. The van der Waals surface area contributed by atoms with Crippen LogP contribution in [0.1, 0.15) is 84.5 Å². The van der Waals surface area contributed by atoms with E-state index in [0.717, 1.165) is 30.3 Å². The predicted molar refractivity (Wildman–Crippen MR) is 108 cm³/mol. The average molecular weight is 372 g/mol. The summed E-state index contributed by atoms with van der Waals surface area (Å²) < 4.78 is 6.10. The molecule has 154 valence electrons. The van der Waals surface area contributed by atoms with Gasteiger partial charge in [0.2, 0.25) is 0 Å². The van der Waals surface area contributed by atoms with Gasteiger partial charge in [-0.05, 0) is 13.3 Å². The van der Waals surface area contributed by atoms with E-state index >= 15 is 0 Å². The van der Waals surface area contributed by atoms with E-state index in [1.165, 1.54) is 44.9 Å². The van der Waals surface area contributed by atoms with Gasteiger partial charge in [-0.2, -0.15) is 0 Å². The second-order valence-corrected chi connectivity index (χ2v) is 8.37. The van der Waals surface area contributed by atoms with Crippen LogP contribution in [0.2, 0.25) is 0 Å². The smallest absolute Gasteiger partial charge is 0.306 e. The number of carbonyl (C=O) groups is 2. The third-order valence-electron chi connectivity index (χ3n) is 4.47. The zero-order chi connectivity index (χ0) is 19.8. The third kappa shape index (κ3) is 16.4. The van der Waals surface area contributed by atoms with Gasteiger partial charge in [0.1, 0.15) is 0 Å². The van der Waals surface area contributed by atoms with Gasteiger partial charge in [-0.25, -0.2) is 0 Å². The first-order valence-corrected chi connectivity index (χ1v) is 10.5. The monoisotopic (exact) mass is 371 g/mol. The first kappa shape index (κ1) is 24.9. The highest BCUT2D eigenvalue weighted by molar-refractivity contribution is 5.83. The Morgan fingerprint density at radius 1 is 0.885 bits per heavy atom. The van der Waals surface area contributed by atoms with Crippen molar-refractivity contribution in [2.45, 2.75) is 90.6 Å². The second-order valence-electron chi connectivity index (χ2n) is 8.37. The van der Waals surface area contributed by atoms with Crippen LogP contribution in [0.3, 0.4) is 0 Å². The Morgan fingerprint density at radius 2 is 1.42 bits per heavy atom. The van der Waals surface area contributed by atoms with Crippen LogP contribution in [-0.2, 0) is 14.3 Å². The molecular formula is C21H43N2O3+. The minimum absolute atomic E-state index is 0.202. The highest BCUT2D eigenvalue weighted by atomic mass is 16.5. The van der Waals surface area contributed by atoms with Crippen molar-refractivity contribution < 1.29 is 18.8 Å². The molecule has 0 saturated heterocycles. The summed E-state index contributed by atoms with van der Waals surface area (Å²) in [6.45, 7) is 5.49.